The molecule has 0 unspecified atom stereocenters. The fourth-order valence-corrected chi connectivity index (χ4v) is 6.25. The molecule has 0 spiro atoms. The van der Waals surface area contributed by atoms with Gasteiger partial charge in [-0.2, -0.15) is 0 Å². The fraction of sp³-hybridized carbons (Fsp3) is 0. The van der Waals surface area contributed by atoms with Crippen LogP contribution in [0.25, 0.3) is 60.9 Å². The minimum Gasteiger partial charge on any atom is -0.355 e. The van der Waals surface area contributed by atoms with Gasteiger partial charge in [-0.05, 0) is 82.4 Å². The molecule has 1 aromatic heterocycles. The van der Waals surface area contributed by atoms with E-state index in [1.807, 2.05) is 6.07 Å². The van der Waals surface area contributed by atoms with Crippen LogP contribution in [0.15, 0.2) is 176 Å². The highest BCUT2D eigenvalue weighted by molar-refractivity contribution is 6.10. The molecule has 0 aliphatic rings. The number of benzene rings is 7. The Kier molecular flexibility index (Phi) is 6.51. The molecule has 44 heavy (non-hydrogen) atoms. The molecule has 0 amide bonds. The molecule has 0 saturated carbocycles. The first kappa shape index (κ1) is 25.8. The van der Waals surface area contributed by atoms with Gasteiger partial charge in [0, 0.05) is 33.4 Å². The van der Waals surface area contributed by atoms with E-state index in [-0.39, 0.29) is 0 Å². The van der Waals surface area contributed by atoms with Crippen LogP contribution >= 0.6 is 0 Å². The first-order chi connectivity index (χ1) is 21.8. The van der Waals surface area contributed by atoms with Gasteiger partial charge in [0.2, 0.25) is 0 Å². The van der Waals surface area contributed by atoms with Crippen molar-refractivity contribution in [3.63, 3.8) is 0 Å². The van der Waals surface area contributed by atoms with Gasteiger partial charge in [0.25, 0.3) is 0 Å². The van der Waals surface area contributed by atoms with E-state index in [9.17, 15) is 0 Å². The average Bonchev–Trinajstić information content (AvgIpc) is 3.43. The molecule has 2 nitrogen and oxygen atoms in total. The van der Waals surface area contributed by atoms with Crippen LogP contribution in [-0.4, -0.2) is 4.57 Å². The van der Waals surface area contributed by atoms with Crippen molar-refractivity contribution in [2.75, 3.05) is 5.32 Å². The molecule has 1 heterocycles. The molecule has 0 fully saturated rings. The number of hydrogen-bond donors (Lipinski definition) is 1. The third-order valence-corrected chi connectivity index (χ3v) is 8.39. The highest BCUT2D eigenvalue weighted by Gasteiger charge is 2.14. The van der Waals surface area contributed by atoms with E-state index >= 15 is 0 Å². The Balaban J connectivity index is 1.15. The second kappa shape index (κ2) is 11.1. The smallest absolute Gasteiger partial charge is 0.0541 e. The number of fused-ring (bicyclic) bond motifs is 3. The normalized spacial score (nSPS) is 11.2. The first-order valence-electron chi connectivity index (χ1n) is 15.0. The molecule has 208 valence electrons. The van der Waals surface area contributed by atoms with E-state index in [1.165, 1.54) is 60.9 Å². The summed E-state index contributed by atoms with van der Waals surface area (Å²) in [7, 11) is 0. The summed E-state index contributed by atoms with van der Waals surface area (Å²) >= 11 is 0. The Hall–Kier alpha value is -5.86. The Morgan fingerprint density at radius 1 is 0.364 bits per heavy atom. The zero-order chi connectivity index (χ0) is 29.3. The van der Waals surface area contributed by atoms with Gasteiger partial charge in [0.05, 0.1) is 11.0 Å². The number of rotatable bonds is 6. The fourth-order valence-electron chi connectivity index (χ4n) is 6.25. The van der Waals surface area contributed by atoms with Gasteiger partial charge >= 0.3 is 0 Å². The predicted molar refractivity (Wildman–Crippen MR) is 187 cm³/mol. The first-order valence-corrected chi connectivity index (χ1v) is 15.0. The van der Waals surface area contributed by atoms with E-state index in [0.29, 0.717) is 0 Å². The van der Waals surface area contributed by atoms with Crippen molar-refractivity contribution in [2.45, 2.75) is 0 Å². The number of anilines is 2. The molecule has 0 atom stereocenters. The molecule has 2 heteroatoms. The van der Waals surface area contributed by atoms with Gasteiger partial charge in [0.1, 0.15) is 0 Å². The average molecular weight is 563 g/mol. The minimum absolute atomic E-state index is 1.06. The molecule has 0 radical (unpaired) electrons. The van der Waals surface area contributed by atoms with E-state index in [2.05, 4.69) is 180 Å². The zero-order valence-corrected chi connectivity index (χ0v) is 24.2. The van der Waals surface area contributed by atoms with Crippen molar-refractivity contribution in [1.82, 2.24) is 4.57 Å². The molecule has 0 saturated heterocycles. The summed E-state index contributed by atoms with van der Waals surface area (Å²) in [5, 5.41) is 6.19. The van der Waals surface area contributed by atoms with E-state index in [4.69, 9.17) is 0 Å². The number of nitrogens with one attached hydrogen (secondary N) is 1. The number of aromatic nitrogens is 1. The van der Waals surface area contributed by atoms with Crippen molar-refractivity contribution in [1.29, 1.82) is 0 Å². The monoisotopic (exact) mass is 562 g/mol. The molecule has 1 N–H and O–H groups in total. The number of hydrogen-bond acceptors (Lipinski definition) is 1. The predicted octanol–water partition coefficient (Wildman–Crippen LogP) is 11.5. The molecule has 0 aliphatic carbocycles. The highest BCUT2D eigenvalue weighted by atomic mass is 15.0. The van der Waals surface area contributed by atoms with Crippen LogP contribution in [0.5, 0.6) is 0 Å². The summed E-state index contributed by atoms with van der Waals surface area (Å²) in [5.41, 5.74) is 12.9. The van der Waals surface area contributed by atoms with Gasteiger partial charge in [-0.1, -0.05) is 121 Å². The van der Waals surface area contributed by atoms with Gasteiger partial charge in [0.15, 0.2) is 0 Å². The molecule has 8 aromatic rings. The molecule has 0 bridgehead atoms. The third-order valence-electron chi connectivity index (χ3n) is 8.39. The standard InChI is InChI=1S/C42H30N2/c1-3-12-30(13-4-1)31-22-25-35(26-23-31)43-40-20-9-7-18-37(40)34-15-11-14-32(28-34)33-24-27-42-39(29-33)38-19-8-10-21-41(38)44(42)36-16-5-2-6-17-36/h1-29,43H. The summed E-state index contributed by atoms with van der Waals surface area (Å²) in [4.78, 5) is 0. The van der Waals surface area contributed by atoms with Crippen LogP contribution in [0.2, 0.25) is 0 Å². The van der Waals surface area contributed by atoms with Crippen LogP contribution < -0.4 is 5.32 Å². The highest BCUT2D eigenvalue weighted by Crippen LogP contribution is 2.37. The van der Waals surface area contributed by atoms with Gasteiger partial charge < -0.3 is 9.88 Å². The van der Waals surface area contributed by atoms with Crippen molar-refractivity contribution < 1.29 is 0 Å². The summed E-state index contributed by atoms with van der Waals surface area (Å²) < 4.78 is 2.36. The molecular formula is C42H30N2. The topological polar surface area (TPSA) is 17.0 Å². The van der Waals surface area contributed by atoms with E-state index in [0.717, 1.165) is 11.4 Å². The summed E-state index contributed by atoms with van der Waals surface area (Å²) in [6, 6.07) is 62.7. The molecule has 7 aromatic carbocycles. The lowest BCUT2D eigenvalue weighted by Crippen LogP contribution is -1.94. The maximum atomic E-state index is 3.67. The summed E-state index contributed by atoms with van der Waals surface area (Å²) in [6.45, 7) is 0. The lowest BCUT2D eigenvalue weighted by molar-refractivity contribution is 1.18. The second-order valence-electron chi connectivity index (χ2n) is 11.1. The molecule has 8 rings (SSSR count). The Labute approximate surface area is 257 Å². The van der Waals surface area contributed by atoms with E-state index in [1.54, 1.807) is 0 Å². The largest absolute Gasteiger partial charge is 0.355 e. The summed E-state index contributed by atoms with van der Waals surface area (Å²) in [6.07, 6.45) is 0. The van der Waals surface area contributed by atoms with E-state index < -0.39 is 0 Å². The third kappa shape index (κ3) is 4.73. The maximum absolute atomic E-state index is 3.67. The van der Waals surface area contributed by atoms with Gasteiger partial charge in [-0.25, -0.2) is 0 Å². The lowest BCUT2D eigenvalue weighted by Gasteiger charge is -2.14. The number of nitrogens with zero attached hydrogens (tertiary/aromatic N) is 1. The van der Waals surface area contributed by atoms with Crippen LogP contribution in [0.3, 0.4) is 0 Å². The zero-order valence-electron chi connectivity index (χ0n) is 24.2. The van der Waals surface area contributed by atoms with Crippen LogP contribution in [0, 0.1) is 0 Å². The Morgan fingerprint density at radius 2 is 0.955 bits per heavy atom. The lowest BCUT2D eigenvalue weighted by atomic mass is 9.97. The number of para-hydroxylation sites is 3. The van der Waals surface area contributed by atoms with Crippen LogP contribution in [0.1, 0.15) is 0 Å². The van der Waals surface area contributed by atoms with Crippen molar-refractivity contribution in [3.05, 3.63) is 176 Å². The summed E-state index contributed by atoms with van der Waals surface area (Å²) in [5.74, 6) is 0. The minimum atomic E-state index is 1.06. The molecular weight excluding hydrogens is 532 g/mol. The van der Waals surface area contributed by atoms with Gasteiger partial charge in [-0.15, -0.1) is 0 Å². The Bertz CT molecular complexity index is 2230. The van der Waals surface area contributed by atoms with Crippen molar-refractivity contribution >= 4 is 33.2 Å². The Morgan fingerprint density at radius 3 is 1.80 bits per heavy atom. The van der Waals surface area contributed by atoms with Gasteiger partial charge in [-0.3, -0.25) is 0 Å². The quantitative estimate of drug-likeness (QED) is 0.213. The van der Waals surface area contributed by atoms with Crippen molar-refractivity contribution in [3.8, 4) is 39.1 Å². The second-order valence-corrected chi connectivity index (χ2v) is 11.1. The van der Waals surface area contributed by atoms with Crippen LogP contribution in [0.4, 0.5) is 11.4 Å². The maximum Gasteiger partial charge on any atom is 0.0541 e. The SMILES string of the molecule is c1ccc(-c2ccc(Nc3ccccc3-c3cccc(-c4ccc5c(c4)c4ccccc4n5-c4ccccc4)c3)cc2)cc1. The molecule has 0 aliphatic heterocycles. The van der Waals surface area contributed by atoms with Crippen molar-refractivity contribution in [2.24, 2.45) is 0 Å². The van der Waals surface area contributed by atoms with Crippen LogP contribution in [-0.2, 0) is 0 Å².